The minimum Gasteiger partial charge on any atom is -0.336 e. The predicted molar refractivity (Wildman–Crippen MR) is 112 cm³/mol. The molecule has 1 aromatic carbocycles. The van der Waals surface area contributed by atoms with Gasteiger partial charge in [0.2, 0.25) is 0 Å². The van der Waals surface area contributed by atoms with Gasteiger partial charge in [0, 0.05) is 29.7 Å². The van der Waals surface area contributed by atoms with Gasteiger partial charge in [-0.1, -0.05) is 18.2 Å². The lowest BCUT2D eigenvalue weighted by molar-refractivity contribution is 0.0749. The lowest BCUT2D eigenvalue weighted by Gasteiger charge is -2.22. The first kappa shape index (κ1) is 18.7. The SMILES string of the molecule is Cc1cccc2c(C(=O)N3CCC[C@H]3C)cc(-c3cnn(C(C)(C)C)c3)nc12. The summed E-state index contributed by atoms with van der Waals surface area (Å²) in [5, 5.41) is 5.44. The molecule has 0 saturated carbocycles. The molecule has 2 aromatic heterocycles. The maximum atomic E-state index is 13.4. The number of carbonyl (C=O) groups is 1. The summed E-state index contributed by atoms with van der Waals surface area (Å²) in [5.41, 5.74) is 4.33. The van der Waals surface area contributed by atoms with Crippen LogP contribution < -0.4 is 0 Å². The van der Waals surface area contributed by atoms with E-state index in [-0.39, 0.29) is 17.5 Å². The lowest BCUT2D eigenvalue weighted by Crippen LogP contribution is -2.33. The molecule has 0 unspecified atom stereocenters. The fourth-order valence-corrected chi connectivity index (χ4v) is 3.93. The summed E-state index contributed by atoms with van der Waals surface area (Å²) >= 11 is 0. The molecule has 3 heterocycles. The number of nitrogens with zero attached hydrogens (tertiary/aromatic N) is 4. The topological polar surface area (TPSA) is 51.0 Å². The van der Waals surface area contributed by atoms with Gasteiger partial charge >= 0.3 is 0 Å². The zero-order valence-electron chi connectivity index (χ0n) is 17.4. The number of hydrogen-bond acceptors (Lipinski definition) is 3. The largest absolute Gasteiger partial charge is 0.336 e. The van der Waals surface area contributed by atoms with E-state index in [4.69, 9.17) is 4.98 Å². The average molecular weight is 377 g/mol. The van der Waals surface area contributed by atoms with Crippen molar-refractivity contribution in [3.63, 3.8) is 0 Å². The molecule has 1 amide bonds. The van der Waals surface area contributed by atoms with Crippen molar-refractivity contribution in [2.75, 3.05) is 6.54 Å². The molecule has 1 aliphatic rings. The van der Waals surface area contributed by atoms with E-state index in [0.29, 0.717) is 0 Å². The van der Waals surface area contributed by atoms with Crippen LogP contribution in [0.1, 0.15) is 56.5 Å². The van der Waals surface area contributed by atoms with Gasteiger partial charge in [-0.2, -0.15) is 5.10 Å². The number of benzene rings is 1. The fourth-order valence-electron chi connectivity index (χ4n) is 3.93. The smallest absolute Gasteiger partial charge is 0.254 e. The van der Waals surface area contributed by atoms with Gasteiger partial charge in [0.25, 0.3) is 5.91 Å². The second-order valence-electron chi connectivity index (χ2n) is 8.86. The Balaban J connectivity index is 1.88. The Labute approximate surface area is 166 Å². The number of fused-ring (bicyclic) bond motifs is 1. The predicted octanol–water partition coefficient (Wildman–Crippen LogP) is 4.79. The summed E-state index contributed by atoms with van der Waals surface area (Å²) in [6, 6.07) is 8.28. The molecule has 1 atom stereocenters. The second-order valence-corrected chi connectivity index (χ2v) is 8.86. The zero-order valence-corrected chi connectivity index (χ0v) is 17.4. The molecule has 28 heavy (non-hydrogen) atoms. The highest BCUT2D eigenvalue weighted by Gasteiger charge is 2.28. The summed E-state index contributed by atoms with van der Waals surface area (Å²) in [4.78, 5) is 20.3. The van der Waals surface area contributed by atoms with Crippen LogP contribution in [0.2, 0.25) is 0 Å². The maximum Gasteiger partial charge on any atom is 0.254 e. The van der Waals surface area contributed by atoms with Crippen molar-refractivity contribution in [1.82, 2.24) is 19.7 Å². The highest BCUT2D eigenvalue weighted by molar-refractivity contribution is 6.08. The Morgan fingerprint density at radius 2 is 2.04 bits per heavy atom. The summed E-state index contributed by atoms with van der Waals surface area (Å²) in [6.07, 6.45) is 5.99. The number of pyridine rings is 1. The molecule has 0 spiro atoms. The van der Waals surface area contributed by atoms with Crippen molar-refractivity contribution in [2.24, 2.45) is 0 Å². The average Bonchev–Trinajstić information content (AvgIpc) is 3.30. The van der Waals surface area contributed by atoms with E-state index in [0.717, 1.165) is 52.7 Å². The molecule has 0 aliphatic carbocycles. The molecule has 0 bridgehead atoms. The van der Waals surface area contributed by atoms with E-state index < -0.39 is 0 Å². The Kier molecular flexibility index (Phi) is 4.48. The van der Waals surface area contributed by atoms with E-state index in [9.17, 15) is 4.79 Å². The number of aryl methyl sites for hydroxylation is 1. The standard InChI is InChI=1S/C23H28N4O/c1-15-8-6-10-18-19(22(28)26-11-7-9-16(26)2)12-20(25-21(15)18)17-13-24-27(14-17)23(3,4)5/h6,8,10,12-14,16H,7,9,11H2,1-5H3/t16-/m1/s1. The van der Waals surface area contributed by atoms with E-state index >= 15 is 0 Å². The van der Waals surface area contributed by atoms with Crippen molar-refractivity contribution < 1.29 is 4.79 Å². The molecule has 0 N–H and O–H groups in total. The van der Waals surface area contributed by atoms with Gasteiger partial charge in [-0.05, 0) is 59.1 Å². The van der Waals surface area contributed by atoms with Gasteiger partial charge in [-0.25, -0.2) is 4.98 Å². The molecular weight excluding hydrogens is 348 g/mol. The molecule has 146 valence electrons. The van der Waals surface area contributed by atoms with Crippen LogP contribution in [0.15, 0.2) is 36.7 Å². The Morgan fingerprint density at radius 1 is 1.25 bits per heavy atom. The first-order valence-electron chi connectivity index (χ1n) is 10.0. The summed E-state index contributed by atoms with van der Waals surface area (Å²) in [5.74, 6) is 0.104. The quantitative estimate of drug-likeness (QED) is 0.646. The third-order valence-electron chi connectivity index (χ3n) is 5.65. The number of rotatable bonds is 2. The molecule has 5 heteroatoms. The van der Waals surface area contributed by atoms with Crippen molar-refractivity contribution in [3.05, 3.63) is 47.8 Å². The van der Waals surface area contributed by atoms with Gasteiger partial charge in [-0.15, -0.1) is 0 Å². The minimum absolute atomic E-state index is 0.103. The van der Waals surface area contributed by atoms with Gasteiger partial charge in [0.05, 0.1) is 28.5 Å². The molecular formula is C23H28N4O. The second kappa shape index (κ2) is 6.73. The molecule has 1 aliphatic heterocycles. The number of aromatic nitrogens is 3. The molecule has 4 rings (SSSR count). The first-order valence-corrected chi connectivity index (χ1v) is 10.0. The van der Waals surface area contributed by atoms with Crippen LogP contribution >= 0.6 is 0 Å². The van der Waals surface area contributed by atoms with Crippen LogP contribution in [-0.2, 0) is 5.54 Å². The van der Waals surface area contributed by atoms with Gasteiger partial charge in [-0.3, -0.25) is 9.48 Å². The molecule has 5 nitrogen and oxygen atoms in total. The number of para-hydroxylation sites is 1. The highest BCUT2D eigenvalue weighted by Crippen LogP contribution is 2.30. The Morgan fingerprint density at radius 3 is 2.68 bits per heavy atom. The zero-order chi connectivity index (χ0) is 20.1. The van der Waals surface area contributed by atoms with Crippen LogP contribution in [-0.4, -0.2) is 38.2 Å². The Bertz CT molecular complexity index is 1040. The fraction of sp³-hybridized carbons (Fsp3) is 0.435. The third-order valence-corrected chi connectivity index (χ3v) is 5.65. The van der Waals surface area contributed by atoms with Crippen LogP contribution in [0.5, 0.6) is 0 Å². The van der Waals surface area contributed by atoms with Crippen molar-refractivity contribution in [1.29, 1.82) is 0 Å². The van der Waals surface area contributed by atoms with Gasteiger partial charge in [0.1, 0.15) is 0 Å². The number of carbonyl (C=O) groups excluding carboxylic acids is 1. The normalized spacial score (nSPS) is 17.5. The van der Waals surface area contributed by atoms with Gasteiger partial charge in [0.15, 0.2) is 0 Å². The van der Waals surface area contributed by atoms with E-state index in [2.05, 4.69) is 32.8 Å². The van der Waals surface area contributed by atoms with Crippen LogP contribution in [0, 0.1) is 6.92 Å². The van der Waals surface area contributed by atoms with Crippen LogP contribution in [0.25, 0.3) is 22.2 Å². The molecule has 1 fully saturated rings. The van der Waals surface area contributed by atoms with Crippen molar-refractivity contribution in [3.8, 4) is 11.3 Å². The lowest BCUT2D eigenvalue weighted by atomic mass is 10.0. The summed E-state index contributed by atoms with van der Waals surface area (Å²) < 4.78 is 1.94. The molecule has 0 radical (unpaired) electrons. The van der Waals surface area contributed by atoms with Gasteiger partial charge < -0.3 is 4.90 Å². The van der Waals surface area contributed by atoms with Crippen molar-refractivity contribution in [2.45, 2.75) is 59.0 Å². The minimum atomic E-state index is -0.103. The maximum absolute atomic E-state index is 13.4. The summed E-state index contributed by atoms with van der Waals surface area (Å²) in [6.45, 7) is 11.4. The van der Waals surface area contributed by atoms with Crippen molar-refractivity contribution >= 4 is 16.8 Å². The van der Waals surface area contributed by atoms with E-state index in [1.54, 1.807) is 0 Å². The summed E-state index contributed by atoms with van der Waals surface area (Å²) in [7, 11) is 0. The number of hydrogen-bond donors (Lipinski definition) is 0. The van der Waals surface area contributed by atoms with Crippen LogP contribution in [0.4, 0.5) is 0 Å². The monoisotopic (exact) mass is 376 g/mol. The molecule has 3 aromatic rings. The molecule has 1 saturated heterocycles. The van der Waals surface area contributed by atoms with Crippen LogP contribution in [0.3, 0.4) is 0 Å². The van der Waals surface area contributed by atoms with E-state index in [1.165, 1.54) is 0 Å². The third kappa shape index (κ3) is 3.19. The first-order chi connectivity index (χ1) is 13.3. The number of likely N-dealkylation sites (tertiary alicyclic amines) is 1. The van der Waals surface area contributed by atoms with E-state index in [1.807, 2.05) is 53.2 Å². The Hall–Kier alpha value is -2.69. The highest BCUT2D eigenvalue weighted by atomic mass is 16.2. The number of amides is 1.